The van der Waals surface area contributed by atoms with E-state index in [1.165, 1.54) is 18.2 Å². The molecule has 4 N–H and O–H groups in total. The summed E-state index contributed by atoms with van der Waals surface area (Å²) in [7, 11) is 0. The lowest BCUT2D eigenvalue weighted by molar-refractivity contribution is -0.384. The SMILES string of the molecule is O=C(Nc1cc(C(F)(F)F)cc(C(F)(F)F)c1)c1cc(I)ccc1O.O=C(Nc1cc(C(F)(F)F)cc(C(F)(F)F)c1)c1cc([N+](=O)[O-])ccc1O. The number of hydrogen-bond acceptors (Lipinski definition) is 6. The third kappa shape index (κ3) is 10.9. The van der Waals surface area contributed by atoms with Gasteiger partial charge in [-0.1, -0.05) is 0 Å². The number of halogens is 13. The molecular formula is C30H16F12IN3O6. The second kappa shape index (κ2) is 15.1. The van der Waals surface area contributed by atoms with E-state index in [0.717, 1.165) is 12.1 Å². The number of carbonyl (C=O) groups excluding carboxylic acids is 2. The molecule has 0 aliphatic heterocycles. The molecule has 0 atom stereocenters. The van der Waals surface area contributed by atoms with Gasteiger partial charge in [0.15, 0.2) is 0 Å². The van der Waals surface area contributed by atoms with E-state index in [2.05, 4.69) is 0 Å². The molecule has 0 bridgehead atoms. The Morgan fingerprint density at radius 1 is 0.558 bits per heavy atom. The molecule has 0 spiro atoms. The molecule has 0 fully saturated rings. The maximum absolute atomic E-state index is 12.8. The number of anilines is 2. The van der Waals surface area contributed by atoms with E-state index in [9.17, 15) is 82.6 Å². The molecule has 0 aliphatic carbocycles. The zero-order valence-electron chi connectivity index (χ0n) is 24.8. The molecule has 4 rings (SSSR count). The lowest BCUT2D eigenvalue weighted by Gasteiger charge is -2.15. The number of phenols is 2. The molecule has 0 aliphatic rings. The van der Waals surface area contributed by atoms with Gasteiger partial charge < -0.3 is 20.8 Å². The quantitative estimate of drug-likeness (QED) is 0.0681. The fourth-order valence-corrected chi connectivity index (χ4v) is 4.45. The molecule has 0 unspecified atom stereocenters. The Hall–Kier alpha value is -5.29. The minimum absolute atomic E-state index is 0.0431. The van der Waals surface area contributed by atoms with Crippen molar-refractivity contribution in [2.45, 2.75) is 24.7 Å². The molecule has 22 heteroatoms. The van der Waals surface area contributed by atoms with Gasteiger partial charge in [0.1, 0.15) is 11.5 Å². The zero-order valence-corrected chi connectivity index (χ0v) is 27.0. The number of amides is 2. The van der Waals surface area contributed by atoms with Gasteiger partial charge in [0, 0.05) is 27.1 Å². The number of nitrogens with zero attached hydrogens (tertiary/aromatic N) is 1. The second-order valence-corrected chi connectivity index (χ2v) is 11.4. The number of alkyl halides is 12. The minimum Gasteiger partial charge on any atom is -0.507 e. The van der Waals surface area contributed by atoms with Crippen LogP contribution < -0.4 is 10.6 Å². The third-order valence-electron chi connectivity index (χ3n) is 6.33. The van der Waals surface area contributed by atoms with Crippen LogP contribution in [0.5, 0.6) is 11.5 Å². The van der Waals surface area contributed by atoms with Crippen LogP contribution >= 0.6 is 22.6 Å². The predicted molar refractivity (Wildman–Crippen MR) is 164 cm³/mol. The van der Waals surface area contributed by atoms with Gasteiger partial charge >= 0.3 is 24.7 Å². The maximum Gasteiger partial charge on any atom is 0.416 e. The molecule has 0 aromatic heterocycles. The summed E-state index contributed by atoms with van der Waals surface area (Å²) in [6.45, 7) is 0. The monoisotopic (exact) mass is 869 g/mol. The van der Waals surface area contributed by atoms with E-state index in [4.69, 9.17) is 0 Å². The van der Waals surface area contributed by atoms with Crippen LogP contribution in [0.25, 0.3) is 0 Å². The Balaban J connectivity index is 0.000000281. The number of aromatic hydroxyl groups is 2. The molecule has 9 nitrogen and oxygen atoms in total. The molecule has 0 heterocycles. The molecule has 0 radical (unpaired) electrons. The lowest BCUT2D eigenvalue weighted by atomic mass is 10.1. The van der Waals surface area contributed by atoms with Crippen molar-refractivity contribution in [2.75, 3.05) is 10.6 Å². The number of nitrogens with one attached hydrogen (secondary N) is 2. The highest BCUT2D eigenvalue weighted by molar-refractivity contribution is 14.1. The van der Waals surface area contributed by atoms with E-state index in [-0.39, 0.29) is 29.8 Å². The summed E-state index contributed by atoms with van der Waals surface area (Å²) in [6.07, 6.45) is -20.3. The molecule has 278 valence electrons. The van der Waals surface area contributed by atoms with Gasteiger partial charge in [-0.3, -0.25) is 19.7 Å². The Bertz CT molecular complexity index is 1950. The maximum atomic E-state index is 12.8. The Morgan fingerprint density at radius 2 is 0.885 bits per heavy atom. The molecule has 4 aromatic rings. The van der Waals surface area contributed by atoms with Crippen molar-refractivity contribution in [1.29, 1.82) is 0 Å². The summed E-state index contributed by atoms with van der Waals surface area (Å²) >= 11 is 1.83. The summed E-state index contributed by atoms with van der Waals surface area (Å²) in [4.78, 5) is 33.9. The number of benzene rings is 4. The van der Waals surface area contributed by atoms with E-state index in [1.807, 2.05) is 27.9 Å². The van der Waals surface area contributed by atoms with Gasteiger partial charge in [-0.25, -0.2) is 0 Å². The first kappa shape index (κ1) is 41.1. The van der Waals surface area contributed by atoms with Crippen LogP contribution in [0.2, 0.25) is 0 Å². The molecule has 4 aromatic carbocycles. The Labute approximate surface area is 295 Å². The summed E-state index contributed by atoms with van der Waals surface area (Å²) in [5.74, 6) is -3.57. The first-order chi connectivity index (χ1) is 23.7. The average Bonchev–Trinajstić information content (AvgIpc) is 3.00. The minimum atomic E-state index is -5.12. The lowest BCUT2D eigenvalue weighted by Crippen LogP contribution is -2.16. The van der Waals surface area contributed by atoms with Crippen LogP contribution in [-0.4, -0.2) is 27.0 Å². The predicted octanol–water partition coefficient (Wildman–Crippen LogP) is 9.88. The summed E-state index contributed by atoms with van der Waals surface area (Å²) in [5.41, 5.74) is -9.55. The van der Waals surface area contributed by atoms with Gasteiger partial charge in [-0.15, -0.1) is 0 Å². The summed E-state index contributed by atoms with van der Waals surface area (Å²) in [6, 6.07) is 7.31. The fraction of sp³-hybridized carbons (Fsp3) is 0.133. The van der Waals surface area contributed by atoms with Crippen molar-refractivity contribution in [3.63, 3.8) is 0 Å². The van der Waals surface area contributed by atoms with Crippen molar-refractivity contribution in [2.24, 2.45) is 0 Å². The van der Waals surface area contributed by atoms with Crippen molar-refractivity contribution in [1.82, 2.24) is 0 Å². The Morgan fingerprint density at radius 3 is 1.21 bits per heavy atom. The molecule has 0 saturated heterocycles. The van der Waals surface area contributed by atoms with Crippen molar-refractivity contribution in [3.8, 4) is 11.5 Å². The van der Waals surface area contributed by atoms with E-state index in [1.54, 1.807) is 5.32 Å². The molecule has 0 saturated carbocycles. The number of non-ortho nitro benzene ring substituents is 1. The third-order valence-corrected chi connectivity index (χ3v) is 7.00. The highest BCUT2D eigenvalue weighted by Crippen LogP contribution is 2.39. The van der Waals surface area contributed by atoms with Crippen molar-refractivity contribution >= 4 is 51.5 Å². The highest BCUT2D eigenvalue weighted by atomic mass is 127. The van der Waals surface area contributed by atoms with Gasteiger partial charge in [0.25, 0.3) is 17.5 Å². The standard InChI is InChI=1S/C15H8F6INO2.C15H8F6N2O4/c16-14(17,18)7-3-8(15(19,20)21)5-10(4-7)23-13(25)11-6-9(22)1-2-12(11)24;16-14(17,18)7-3-8(15(19,20)21)5-9(4-7)22-13(25)11-6-10(23(26)27)1-2-12(11)24/h1-6,24H,(H,23,25);1-6,24H,(H,22,25). The topological polar surface area (TPSA) is 142 Å². The van der Waals surface area contributed by atoms with Crippen LogP contribution in [0.1, 0.15) is 43.0 Å². The first-order valence-electron chi connectivity index (χ1n) is 13.3. The molecule has 52 heavy (non-hydrogen) atoms. The van der Waals surface area contributed by atoms with Gasteiger partial charge in [0.05, 0.1) is 38.3 Å². The summed E-state index contributed by atoms with van der Waals surface area (Å²) in [5, 5.41) is 33.6. The molecular weight excluding hydrogens is 853 g/mol. The molecule has 2 amide bonds. The highest BCUT2D eigenvalue weighted by Gasteiger charge is 2.38. The van der Waals surface area contributed by atoms with Crippen LogP contribution in [0.3, 0.4) is 0 Å². The second-order valence-electron chi connectivity index (χ2n) is 10.1. The van der Waals surface area contributed by atoms with E-state index in [0.29, 0.717) is 21.8 Å². The number of nitro benzene ring substituents is 1. The number of hydrogen-bond donors (Lipinski definition) is 4. The van der Waals surface area contributed by atoms with E-state index >= 15 is 0 Å². The first-order valence-corrected chi connectivity index (χ1v) is 14.4. The van der Waals surface area contributed by atoms with Gasteiger partial charge in [-0.05, 0) is 83.3 Å². The van der Waals surface area contributed by atoms with Crippen LogP contribution in [0, 0.1) is 13.7 Å². The number of carbonyl (C=O) groups is 2. The van der Waals surface area contributed by atoms with Crippen molar-refractivity contribution in [3.05, 3.63) is 120 Å². The van der Waals surface area contributed by atoms with Crippen LogP contribution in [0.15, 0.2) is 72.8 Å². The zero-order chi connectivity index (χ0) is 39.6. The van der Waals surface area contributed by atoms with Crippen LogP contribution in [-0.2, 0) is 24.7 Å². The van der Waals surface area contributed by atoms with Gasteiger partial charge in [0.2, 0.25) is 0 Å². The van der Waals surface area contributed by atoms with Gasteiger partial charge in [-0.2, -0.15) is 52.7 Å². The largest absolute Gasteiger partial charge is 0.507 e. The number of nitro groups is 1. The number of phenolic OH excluding ortho intramolecular Hbond substituents is 2. The normalized spacial score (nSPS) is 12.0. The van der Waals surface area contributed by atoms with E-state index < -0.39 is 97.8 Å². The summed E-state index contributed by atoms with van der Waals surface area (Å²) < 4.78 is 154. The fourth-order valence-electron chi connectivity index (χ4n) is 3.96. The Kier molecular flexibility index (Phi) is 12.0. The van der Waals surface area contributed by atoms with Crippen LogP contribution in [0.4, 0.5) is 69.7 Å². The smallest absolute Gasteiger partial charge is 0.416 e. The van der Waals surface area contributed by atoms with Crippen molar-refractivity contribution < 1.29 is 77.4 Å². The average molecular weight is 869 g/mol. The number of rotatable bonds is 5.